The third-order valence-electron chi connectivity index (χ3n) is 4.85. The largest absolute Gasteiger partial charge is 0.417 e. The molecule has 0 atom stereocenters. The summed E-state index contributed by atoms with van der Waals surface area (Å²) < 4.78 is 43.7. The molecule has 0 saturated carbocycles. The molecule has 1 fully saturated rings. The van der Waals surface area contributed by atoms with Crippen molar-refractivity contribution in [2.45, 2.75) is 6.18 Å². The van der Waals surface area contributed by atoms with Crippen molar-refractivity contribution in [3.63, 3.8) is 0 Å². The second kappa shape index (κ2) is 8.39. The van der Waals surface area contributed by atoms with Crippen LogP contribution in [0.15, 0.2) is 47.1 Å². The Balaban J connectivity index is 1.42. The van der Waals surface area contributed by atoms with Gasteiger partial charge in [0.05, 0.1) is 10.6 Å². The van der Waals surface area contributed by atoms with Gasteiger partial charge in [0.25, 0.3) is 5.91 Å². The number of pyridine rings is 1. The summed E-state index contributed by atoms with van der Waals surface area (Å²) in [5, 5.41) is 4.31. The summed E-state index contributed by atoms with van der Waals surface area (Å²) in [6, 6.07) is 9.39. The molecule has 1 saturated heterocycles. The Morgan fingerprint density at radius 3 is 2.45 bits per heavy atom. The quantitative estimate of drug-likeness (QED) is 0.537. The SMILES string of the molecule is O=C(c1cc(-c2cccc(Cl)c2)on1)N1CCN(c2ncc(C(F)(F)F)cc2Cl)CC1. The Bertz CT molecular complexity index is 1110. The summed E-state index contributed by atoms with van der Waals surface area (Å²) in [6.45, 7) is 1.39. The number of aromatic nitrogens is 2. The van der Waals surface area contributed by atoms with E-state index in [1.807, 2.05) is 0 Å². The number of amides is 1. The molecule has 11 heteroatoms. The van der Waals surface area contributed by atoms with Crippen LogP contribution in [-0.4, -0.2) is 47.1 Å². The number of halogens is 5. The van der Waals surface area contributed by atoms with Crippen molar-refractivity contribution in [2.24, 2.45) is 0 Å². The van der Waals surface area contributed by atoms with Gasteiger partial charge in [-0.2, -0.15) is 13.2 Å². The molecule has 162 valence electrons. The number of rotatable bonds is 3. The van der Waals surface area contributed by atoms with E-state index in [1.54, 1.807) is 40.1 Å². The Labute approximate surface area is 185 Å². The van der Waals surface area contributed by atoms with Crippen LogP contribution in [0.3, 0.4) is 0 Å². The highest BCUT2D eigenvalue weighted by molar-refractivity contribution is 6.33. The lowest BCUT2D eigenvalue weighted by atomic mass is 10.1. The van der Waals surface area contributed by atoms with Crippen molar-refractivity contribution in [3.05, 3.63) is 63.9 Å². The topological polar surface area (TPSA) is 62.5 Å². The van der Waals surface area contributed by atoms with Crippen LogP contribution in [0.5, 0.6) is 0 Å². The first-order valence-electron chi connectivity index (χ1n) is 9.22. The summed E-state index contributed by atoms with van der Waals surface area (Å²) in [6.07, 6.45) is -3.76. The molecule has 0 aliphatic carbocycles. The minimum absolute atomic E-state index is 0.0859. The predicted octanol–water partition coefficient (Wildman–Crippen LogP) is 5.02. The lowest BCUT2D eigenvalue weighted by Gasteiger charge is -2.35. The van der Waals surface area contributed by atoms with E-state index >= 15 is 0 Å². The Morgan fingerprint density at radius 2 is 1.81 bits per heavy atom. The van der Waals surface area contributed by atoms with Gasteiger partial charge in [-0.3, -0.25) is 4.79 Å². The van der Waals surface area contributed by atoms with E-state index in [0.717, 1.165) is 12.3 Å². The summed E-state index contributed by atoms with van der Waals surface area (Å²) in [5.74, 6) is 0.375. The molecule has 1 aliphatic rings. The van der Waals surface area contributed by atoms with Gasteiger partial charge in [0.15, 0.2) is 11.5 Å². The van der Waals surface area contributed by atoms with Gasteiger partial charge in [-0.25, -0.2) is 4.98 Å². The van der Waals surface area contributed by atoms with Crippen LogP contribution < -0.4 is 4.90 Å². The second-order valence-electron chi connectivity index (χ2n) is 6.89. The molecule has 0 radical (unpaired) electrons. The molecule has 6 nitrogen and oxygen atoms in total. The van der Waals surface area contributed by atoms with E-state index in [1.165, 1.54) is 0 Å². The van der Waals surface area contributed by atoms with Gasteiger partial charge in [0, 0.05) is 49.0 Å². The number of anilines is 1. The zero-order valence-corrected chi connectivity index (χ0v) is 17.4. The number of carbonyl (C=O) groups is 1. The number of hydrogen-bond acceptors (Lipinski definition) is 5. The molecule has 0 bridgehead atoms. The first-order chi connectivity index (χ1) is 14.7. The molecule has 1 aromatic carbocycles. The molecule has 1 amide bonds. The van der Waals surface area contributed by atoms with Gasteiger partial charge in [0.1, 0.15) is 5.82 Å². The van der Waals surface area contributed by atoms with Gasteiger partial charge in [-0.15, -0.1) is 0 Å². The number of benzene rings is 1. The normalized spacial score (nSPS) is 14.7. The van der Waals surface area contributed by atoms with E-state index in [4.69, 9.17) is 27.7 Å². The number of alkyl halides is 3. The average molecular weight is 471 g/mol. The van der Waals surface area contributed by atoms with Gasteiger partial charge in [-0.05, 0) is 18.2 Å². The number of hydrogen-bond donors (Lipinski definition) is 0. The van der Waals surface area contributed by atoms with E-state index < -0.39 is 11.7 Å². The maximum atomic E-state index is 12.8. The van der Waals surface area contributed by atoms with Crippen molar-refractivity contribution < 1.29 is 22.5 Å². The van der Waals surface area contributed by atoms with Crippen molar-refractivity contribution in [2.75, 3.05) is 31.1 Å². The summed E-state index contributed by atoms with van der Waals surface area (Å²) in [5.41, 5.74) is -0.0439. The molecule has 0 N–H and O–H groups in total. The summed E-state index contributed by atoms with van der Waals surface area (Å²) in [7, 11) is 0. The van der Waals surface area contributed by atoms with Crippen molar-refractivity contribution in [1.29, 1.82) is 0 Å². The minimum atomic E-state index is -4.51. The molecule has 31 heavy (non-hydrogen) atoms. The van der Waals surface area contributed by atoms with Crippen molar-refractivity contribution in [3.8, 4) is 11.3 Å². The fourth-order valence-corrected chi connectivity index (χ4v) is 3.73. The van der Waals surface area contributed by atoms with Crippen LogP contribution in [-0.2, 0) is 6.18 Å². The maximum Gasteiger partial charge on any atom is 0.417 e. The third kappa shape index (κ3) is 4.62. The standard InChI is InChI=1S/C20H15Cl2F3N4O2/c21-14-3-1-2-12(8-14)17-10-16(27-31-17)19(30)29-6-4-28(5-7-29)18-15(22)9-13(11-26-18)20(23,24)25/h1-3,8-11H,4-7H2. The zero-order valence-electron chi connectivity index (χ0n) is 15.9. The predicted molar refractivity (Wildman–Crippen MR) is 109 cm³/mol. The van der Waals surface area contributed by atoms with Crippen LogP contribution in [0.4, 0.5) is 19.0 Å². The number of carbonyl (C=O) groups excluding carboxylic acids is 1. The molecule has 3 heterocycles. The van der Waals surface area contributed by atoms with Crippen LogP contribution >= 0.6 is 23.2 Å². The monoisotopic (exact) mass is 470 g/mol. The highest BCUT2D eigenvalue weighted by Gasteiger charge is 2.32. The molecule has 0 unspecified atom stereocenters. The smallest absolute Gasteiger partial charge is 0.355 e. The second-order valence-corrected chi connectivity index (χ2v) is 7.74. The van der Waals surface area contributed by atoms with Gasteiger partial charge >= 0.3 is 6.18 Å². The zero-order chi connectivity index (χ0) is 22.2. The highest BCUT2D eigenvalue weighted by atomic mass is 35.5. The molecule has 1 aliphatic heterocycles. The van der Waals surface area contributed by atoms with Crippen LogP contribution in [0.1, 0.15) is 16.1 Å². The van der Waals surface area contributed by atoms with Crippen LogP contribution in [0.25, 0.3) is 11.3 Å². The fourth-order valence-electron chi connectivity index (χ4n) is 3.26. The molecule has 3 aromatic rings. The van der Waals surface area contributed by atoms with Crippen LogP contribution in [0.2, 0.25) is 10.0 Å². The van der Waals surface area contributed by atoms with E-state index in [9.17, 15) is 18.0 Å². The Hall–Kier alpha value is -2.78. The average Bonchev–Trinajstić information content (AvgIpc) is 3.23. The first kappa shape index (κ1) is 21.5. The fraction of sp³-hybridized carbons (Fsp3) is 0.250. The molecular weight excluding hydrogens is 456 g/mol. The molecule has 4 rings (SSSR count). The van der Waals surface area contributed by atoms with Gasteiger partial charge in [0.2, 0.25) is 0 Å². The Morgan fingerprint density at radius 1 is 1.06 bits per heavy atom. The number of nitrogens with zero attached hydrogens (tertiary/aromatic N) is 4. The van der Waals surface area contributed by atoms with E-state index in [-0.39, 0.29) is 22.4 Å². The van der Waals surface area contributed by atoms with E-state index in [2.05, 4.69) is 10.1 Å². The molecule has 0 spiro atoms. The maximum absolute atomic E-state index is 12.8. The number of piperazine rings is 1. The first-order valence-corrected chi connectivity index (χ1v) is 9.97. The third-order valence-corrected chi connectivity index (χ3v) is 5.37. The van der Waals surface area contributed by atoms with Crippen molar-refractivity contribution >= 4 is 34.9 Å². The van der Waals surface area contributed by atoms with Gasteiger partial charge < -0.3 is 14.3 Å². The van der Waals surface area contributed by atoms with Crippen molar-refractivity contribution in [1.82, 2.24) is 15.0 Å². The highest BCUT2D eigenvalue weighted by Crippen LogP contribution is 2.34. The summed E-state index contributed by atoms with van der Waals surface area (Å²) in [4.78, 5) is 20.0. The summed E-state index contributed by atoms with van der Waals surface area (Å²) >= 11 is 12.0. The minimum Gasteiger partial charge on any atom is -0.355 e. The Kier molecular flexibility index (Phi) is 5.81. The molecular formula is C20H15Cl2F3N4O2. The lowest BCUT2D eigenvalue weighted by Crippen LogP contribution is -2.49. The molecule has 2 aromatic heterocycles. The van der Waals surface area contributed by atoms with Gasteiger partial charge in [-0.1, -0.05) is 40.5 Å². The van der Waals surface area contributed by atoms with Crippen LogP contribution in [0, 0.1) is 0 Å². The lowest BCUT2D eigenvalue weighted by molar-refractivity contribution is -0.137. The van der Waals surface area contributed by atoms with E-state index in [0.29, 0.717) is 42.5 Å².